The van der Waals surface area contributed by atoms with Gasteiger partial charge in [0.25, 0.3) is 5.91 Å². The molecule has 4 rings (SSSR count). The second kappa shape index (κ2) is 9.76. The zero-order valence-corrected chi connectivity index (χ0v) is 17.8. The molecule has 2 heterocycles. The zero-order valence-electron chi connectivity index (χ0n) is 17.0. The number of hydrogen-bond donors (Lipinski definition) is 3. The van der Waals surface area contributed by atoms with Crippen LogP contribution in [-0.2, 0) is 17.1 Å². The van der Waals surface area contributed by atoms with E-state index in [0.717, 1.165) is 47.1 Å². The van der Waals surface area contributed by atoms with Crippen molar-refractivity contribution < 1.29 is 9.59 Å². The lowest BCUT2D eigenvalue weighted by atomic mass is 10.1. The average Bonchev–Trinajstić information content (AvgIpc) is 3.46. The number of nitrogens with two attached hydrogens (primary N) is 1. The van der Waals surface area contributed by atoms with E-state index in [1.807, 2.05) is 48.5 Å². The highest BCUT2D eigenvalue weighted by atomic mass is 32.2. The Kier molecular flexibility index (Phi) is 6.63. The topological polar surface area (TPSA) is 117 Å². The lowest BCUT2D eigenvalue weighted by molar-refractivity contribution is -0.122. The quantitative estimate of drug-likeness (QED) is 0.468. The van der Waals surface area contributed by atoms with E-state index in [0.29, 0.717) is 12.1 Å². The molecule has 1 fully saturated rings. The number of anilines is 1. The van der Waals surface area contributed by atoms with Crippen LogP contribution in [0.1, 0.15) is 34.3 Å². The molecule has 0 radical (unpaired) electrons. The highest BCUT2D eigenvalue weighted by Gasteiger charge is 2.29. The first-order valence-corrected chi connectivity index (χ1v) is 11.1. The molecular weight excluding hydrogens is 412 g/mol. The summed E-state index contributed by atoms with van der Waals surface area (Å²) in [5.41, 5.74) is 8.91. The molecule has 8 nitrogen and oxygen atoms in total. The van der Waals surface area contributed by atoms with Gasteiger partial charge in [0.15, 0.2) is 5.16 Å². The molecule has 2 amide bonds. The van der Waals surface area contributed by atoms with E-state index in [4.69, 9.17) is 5.73 Å². The van der Waals surface area contributed by atoms with Crippen LogP contribution in [0.3, 0.4) is 0 Å². The van der Waals surface area contributed by atoms with Crippen molar-refractivity contribution in [2.45, 2.75) is 36.3 Å². The second-order valence-electron chi connectivity index (χ2n) is 7.42. The molecule has 0 spiro atoms. The third-order valence-corrected chi connectivity index (χ3v) is 6.26. The Morgan fingerprint density at radius 3 is 2.74 bits per heavy atom. The van der Waals surface area contributed by atoms with Crippen molar-refractivity contribution >= 4 is 29.3 Å². The van der Waals surface area contributed by atoms with E-state index in [2.05, 4.69) is 25.4 Å². The number of thioether (sulfide) groups is 1. The summed E-state index contributed by atoms with van der Waals surface area (Å²) < 4.78 is 0. The molecule has 31 heavy (non-hydrogen) atoms. The number of H-pyrrole nitrogens is 1. The molecule has 9 heteroatoms. The minimum atomic E-state index is -0.291. The maximum atomic E-state index is 12.8. The van der Waals surface area contributed by atoms with Crippen molar-refractivity contribution in [3.8, 4) is 0 Å². The summed E-state index contributed by atoms with van der Waals surface area (Å²) in [6.07, 6.45) is 3.21. The third-order valence-electron chi connectivity index (χ3n) is 5.32. The number of benzene rings is 2. The highest BCUT2D eigenvalue weighted by molar-refractivity contribution is 7.98. The van der Waals surface area contributed by atoms with Crippen molar-refractivity contribution in [3.05, 3.63) is 71.5 Å². The molecule has 1 atom stereocenters. The smallest absolute Gasteiger partial charge is 0.255 e. The zero-order chi connectivity index (χ0) is 21.6. The largest absolute Gasteiger partial charge is 0.368 e. The van der Waals surface area contributed by atoms with E-state index >= 15 is 0 Å². The third kappa shape index (κ3) is 5.31. The van der Waals surface area contributed by atoms with Crippen LogP contribution in [0.2, 0.25) is 0 Å². The van der Waals surface area contributed by atoms with Crippen molar-refractivity contribution in [2.75, 3.05) is 11.9 Å². The molecule has 0 bridgehead atoms. The number of nitrogens with zero attached hydrogens (tertiary/aromatic N) is 3. The molecule has 0 aliphatic carbocycles. The fourth-order valence-corrected chi connectivity index (χ4v) is 4.43. The predicted octanol–water partition coefficient (Wildman–Crippen LogP) is 2.80. The Labute approximate surface area is 184 Å². The van der Waals surface area contributed by atoms with E-state index in [1.165, 1.54) is 6.33 Å². The first-order valence-electron chi connectivity index (χ1n) is 10.1. The Morgan fingerprint density at radius 2 is 2.00 bits per heavy atom. The molecule has 0 saturated carbocycles. The minimum absolute atomic E-state index is 0.172. The summed E-state index contributed by atoms with van der Waals surface area (Å²) in [5, 5.41) is 10.4. The maximum absolute atomic E-state index is 12.8. The Bertz CT molecular complexity index is 1040. The normalized spacial score (nSPS) is 16.3. The number of aromatic nitrogens is 3. The molecule has 160 valence electrons. The van der Waals surface area contributed by atoms with Gasteiger partial charge in [-0.1, -0.05) is 42.1 Å². The number of aromatic amines is 1. The van der Waals surface area contributed by atoms with Gasteiger partial charge in [0.05, 0.1) is 6.04 Å². The Hall–Kier alpha value is -3.17. The fourth-order valence-electron chi connectivity index (χ4n) is 3.70. The van der Waals surface area contributed by atoms with E-state index in [1.54, 1.807) is 11.8 Å². The lowest BCUT2D eigenvalue weighted by Gasteiger charge is -2.23. The minimum Gasteiger partial charge on any atom is -0.368 e. The first-order chi connectivity index (χ1) is 15.1. The van der Waals surface area contributed by atoms with Crippen LogP contribution < -0.4 is 11.1 Å². The number of primary amides is 1. The van der Waals surface area contributed by atoms with Crippen molar-refractivity contribution in [1.82, 2.24) is 20.1 Å². The number of likely N-dealkylation sites (tertiary alicyclic amines) is 1. The summed E-state index contributed by atoms with van der Waals surface area (Å²) in [6, 6.07) is 14.9. The Morgan fingerprint density at radius 1 is 1.19 bits per heavy atom. The number of carbonyl (C=O) groups excluding carboxylic acids is 2. The number of nitrogens with one attached hydrogen (secondary N) is 2. The first kappa shape index (κ1) is 21.1. The van der Waals surface area contributed by atoms with Crippen LogP contribution in [0.15, 0.2) is 60.0 Å². The molecule has 1 aromatic heterocycles. The van der Waals surface area contributed by atoms with Gasteiger partial charge in [0.2, 0.25) is 5.91 Å². The van der Waals surface area contributed by atoms with Crippen LogP contribution in [0.4, 0.5) is 5.69 Å². The monoisotopic (exact) mass is 436 g/mol. The molecule has 1 saturated heterocycles. The summed E-state index contributed by atoms with van der Waals surface area (Å²) in [6.45, 7) is 1.39. The van der Waals surface area contributed by atoms with Crippen molar-refractivity contribution in [3.63, 3.8) is 0 Å². The van der Waals surface area contributed by atoms with Crippen LogP contribution in [0.5, 0.6) is 0 Å². The predicted molar refractivity (Wildman–Crippen MR) is 119 cm³/mol. The molecule has 1 unspecified atom stereocenters. The van der Waals surface area contributed by atoms with Crippen LogP contribution in [0, 0.1) is 0 Å². The van der Waals surface area contributed by atoms with Crippen LogP contribution in [-0.4, -0.2) is 44.5 Å². The number of amides is 2. The van der Waals surface area contributed by atoms with Crippen molar-refractivity contribution in [1.29, 1.82) is 0 Å². The van der Waals surface area contributed by atoms with Gasteiger partial charge in [-0.2, -0.15) is 5.10 Å². The maximum Gasteiger partial charge on any atom is 0.255 e. The highest BCUT2D eigenvalue weighted by Crippen LogP contribution is 2.24. The molecule has 1 aliphatic heterocycles. The van der Waals surface area contributed by atoms with Gasteiger partial charge in [-0.15, -0.1) is 0 Å². The molecular formula is C22H24N6O2S. The number of hydrogen-bond acceptors (Lipinski definition) is 6. The van der Waals surface area contributed by atoms with Gasteiger partial charge in [0, 0.05) is 23.5 Å². The van der Waals surface area contributed by atoms with Gasteiger partial charge in [-0.25, -0.2) is 4.98 Å². The number of rotatable bonds is 8. The van der Waals surface area contributed by atoms with E-state index in [9.17, 15) is 9.59 Å². The summed E-state index contributed by atoms with van der Waals surface area (Å²) in [5.74, 6) is 0.270. The average molecular weight is 437 g/mol. The SMILES string of the molecule is NC(=O)C1CCCN1Cc1ccccc1NC(=O)c1ccc(CSc2ncn[nH]2)cc1. The van der Waals surface area contributed by atoms with Gasteiger partial charge >= 0.3 is 0 Å². The van der Waals surface area contributed by atoms with Crippen LogP contribution in [0.25, 0.3) is 0 Å². The number of carbonyl (C=O) groups is 2. The molecule has 1 aliphatic rings. The summed E-state index contributed by atoms with van der Waals surface area (Å²) in [4.78, 5) is 30.7. The summed E-state index contributed by atoms with van der Waals surface area (Å²) >= 11 is 1.55. The standard InChI is InChI=1S/C22H24N6O2S/c23-20(29)19-6-3-11-28(19)12-17-4-1-2-5-18(17)26-21(30)16-9-7-15(8-10-16)13-31-22-24-14-25-27-22/h1-2,4-5,7-10,14,19H,3,6,11-13H2,(H2,23,29)(H,26,30)(H,24,25,27). The number of para-hydroxylation sites is 1. The molecule has 3 aromatic rings. The second-order valence-corrected chi connectivity index (χ2v) is 8.38. The fraction of sp³-hybridized carbons (Fsp3) is 0.273. The Balaban J connectivity index is 1.40. The van der Waals surface area contributed by atoms with Gasteiger partial charge in [0.1, 0.15) is 6.33 Å². The summed E-state index contributed by atoms with van der Waals surface area (Å²) in [7, 11) is 0. The molecule has 2 aromatic carbocycles. The molecule has 4 N–H and O–H groups in total. The van der Waals surface area contributed by atoms with Crippen molar-refractivity contribution in [2.24, 2.45) is 5.73 Å². The van der Waals surface area contributed by atoms with E-state index in [-0.39, 0.29) is 17.9 Å². The van der Waals surface area contributed by atoms with Gasteiger partial charge in [-0.3, -0.25) is 19.6 Å². The van der Waals surface area contributed by atoms with Gasteiger partial charge < -0.3 is 11.1 Å². The van der Waals surface area contributed by atoms with Crippen LogP contribution >= 0.6 is 11.8 Å². The lowest BCUT2D eigenvalue weighted by Crippen LogP contribution is -2.39. The van der Waals surface area contributed by atoms with Gasteiger partial charge in [-0.05, 0) is 48.7 Å². The van der Waals surface area contributed by atoms with E-state index < -0.39 is 0 Å².